The molecule has 2 aliphatic heterocycles. The molecule has 2 bridgehead atoms. The van der Waals surface area contributed by atoms with Crippen molar-refractivity contribution in [2.45, 2.75) is 31.3 Å². The van der Waals surface area contributed by atoms with Crippen LogP contribution in [0.4, 0.5) is 0 Å². The summed E-state index contributed by atoms with van der Waals surface area (Å²) in [5.41, 5.74) is 5.50. The third kappa shape index (κ3) is 1.86. The fourth-order valence-electron chi connectivity index (χ4n) is 4.38. The van der Waals surface area contributed by atoms with Crippen LogP contribution in [0.25, 0.3) is 16.6 Å². The van der Waals surface area contributed by atoms with Crippen LogP contribution in [0.15, 0.2) is 48.5 Å². The zero-order valence-corrected chi connectivity index (χ0v) is 13.3. The molecule has 3 aromatic rings. The lowest BCUT2D eigenvalue weighted by Gasteiger charge is -2.24. The van der Waals surface area contributed by atoms with Crippen LogP contribution in [0, 0.1) is 0 Å². The second-order valence-electron chi connectivity index (χ2n) is 6.61. The molecule has 0 saturated carbocycles. The summed E-state index contributed by atoms with van der Waals surface area (Å²) in [7, 11) is 1.74. The molecular weight excluding hydrogens is 284 g/mol. The van der Waals surface area contributed by atoms with E-state index in [1.54, 1.807) is 7.11 Å². The summed E-state index contributed by atoms with van der Waals surface area (Å²) in [5, 5.41) is 5.12. The van der Waals surface area contributed by atoms with Gasteiger partial charge in [0, 0.05) is 35.3 Å². The molecule has 2 aromatic carbocycles. The molecule has 0 radical (unpaired) electrons. The van der Waals surface area contributed by atoms with E-state index in [-0.39, 0.29) is 0 Å². The van der Waals surface area contributed by atoms with Crippen molar-refractivity contribution in [2.75, 3.05) is 7.11 Å². The Balaban J connectivity index is 1.86. The fourth-order valence-corrected chi connectivity index (χ4v) is 4.38. The molecule has 5 rings (SSSR count). The van der Waals surface area contributed by atoms with Gasteiger partial charge in [-0.15, -0.1) is 0 Å². The zero-order chi connectivity index (χ0) is 15.4. The summed E-state index contributed by atoms with van der Waals surface area (Å²) >= 11 is 0. The number of benzene rings is 2. The zero-order valence-electron chi connectivity index (χ0n) is 13.3. The number of nitrogens with one attached hydrogen (secondary N) is 1. The lowest BCUT2D eigenvalue weighted by molar-refractivity contribution is 0.415. The monoisotopic (exact) mass is 304 g/mol. The van der Waals surface area contributed by atoms with Gasteiger partial charge in [-0.2, -0.15) is 0 Å². The number of methoxy groups -OCH3 is 1. The van der Waals surface area contributed by atoms with Gasteiger partial charge in [-0.3, -0.25) is 0 Å². The molecule has 116 valence electrons. The lowest BCUT2D eigenvalue weighted by Crippen LogP contribution is -2.32. The molecule has 2 unspecified atom stereocenters. The van der Waals surface area contributed by atoms with Crippen molar-refractivity contribution in [3.8, 4) is 11.4 Å². The van der Waals surface area contributed by atoms with E-state index in [0.717, 1.165) is 12.2 Å². The predicted octanol–water partition coefficient (Wildman–Crippen LogP) is 3.99. The van der Waals surface area contributed by atoms with Gasteiger partial charge in [0.05, 0.1) is 12.6 Å². The maximum Gasteiger partial charge on any atom is 0.119 e. The number of hydrogen-bond acceptors (Lipinski definition) is 2. The van der Waals surface area contributed by atoms with E-state index in [0.29, 0.717) is 12.1 Å². The minimum Gasteiger partial charge on any atom is -0.497 e. The Morgan fingerprint density at radius 1 is 1.09 bits per heavy atom. The summed E-state index contributed by atoms with van der Waals surface area (Å²) in [5.74, 6) is 0.936. The van der Waals surface area contributed by atoms with Gasteiger partial charge in [0.15, 0.2) is 0 Å². The second kappa shape index (κ2) is 4.87. The normalized spacial score (nSPS) is 22.3. The van der Waals surface area contributed by atoms with Crippen LogP contribution in [-0.4, -0.2) is 17.7 Å². The molecule has 23 heavy (non-hydrogen) atoms. The van der Waals surface area contributed by atoms with Crippen molar-refractivity contribution in [3.05, 3.63) is 59.8 Å². The Hall–Kier alpha value is -2.26. The van der Waals surface area contributed by atoms with Crippen LogP contribution in [0.2, 0.25) is 0 Å². The van der Waals surface area contributed by atoms with Crippen LogP contribution in [0.5, 0.6) is 5.75 Å². The first-order valence-electron chi connectivity index (χ1n) is 8.38. The molecule has 0 amide bonds. The number of ether oxygens (including phenoxy) is 1. The minimum atomic E-state index is 0.489. The van der Waals surface area contributed by atoms with Crippen LogP contribution in [-0.2, 0) is 6.42 Å². The van der Waals surface area contributed by atoms with Crippen LogP contribution in [0.1, 0.15) is 30.1 Å². The Kier molecular flexibility index (Phi) is 2.79. The van der Waals surface area contributed by atoms with E-state index >= 15 is 0 Å². The van der Waals surface area contributed by atoms with Gasteiger partial charge >= 0.3 is 0 Å². The van der Waals surface area contributed by atoms with Crippen molar-refractivity contribution in [3.63, 3.8) is 0 Å². The highest BCUT2D eigenvalue weighted by molar-refractivity contribution is 5.89. The maximum atomic E-state index is 5.48. The van der Waals surface area contributed by atoms with E-state index in [1.807, 2.05) is 0 Å². The Bertz CT molecular complexity index is 882. The first kappa shape index (κ1) is 13.2. The van der Waals surface area contributed by atoms with E-state index in [9.17, 15) is 0 Å². The molecule has 0 spiro atoms. The summed E-state index contributed by atoms with van der Waals surface area (Å²) in [6.07, 6.45) is 3.63. The van der Waals surface area contributed by atoms with Crippen molar-refractivity contribution < 1.29 is 4.74 Å². The summed E-state index contributed by atoms with van der Waals surface area (Å²) in [4.78, 5) is 0. The summed E-state index contributed by atoms with van der Waals surface area (Å²) in [6.45, 7) is 0. The maximum absolute atomic E-state index is 5.48. The van der Waals surface area contributed by atoms with Crippen molar-refractivity contribution in [1.82, 2.24) is 9.88 Å². The van der Waals surface area contributed by atoms with Gasteiger partial charge in [0.1, 0.15) is 5.75 Å². The summed E-state index contributed by atoms with van der Waals surface area (Å²) < 4.78 is 7.93. The van der Waals surface area contributed by atoms with Gasteiger partial charge < -0.3 is 14.6 Å². The van der Waals surface area contributed by atoms with Crippen molar-refractivity contribution >= 4 is 10.9 Å². The molecule has 1 N–H and O–H groups in total. The Morgan fingerprint density at radius 3 is 2.78 bits per heavy atom. The standard InChI is InChI=1S/C20H20N2O/c1-23-15-8-10-18-16(12-15)20-17-9-7-13(21-17)11-19(20)22(18)14-5-3-2-4-6-14/h2-6,8,10,12-13,17,21H,7,9,11H2,1H3. The minimum absolute atomic E-state index is 0.489. The first-order valence-corrected chi connectivity index (χ1v) is 8.38. The second-order valence-corrected chi connectivity index (χ2v) is 6.61. The van der Waals surface area contributed by atoms with Crippen LogP contribution < -0.4 is 10.1 Å². The van der Waals surface area contributed by atoms with Gasteiger partial charge in [-0.1, -0.05) is 18.2 Å². The van der Waals surface area contributed by atoms with Gasteiger partial charge in [-0.25, -0.2) is 0 Å². The molecule has 0 aliphatic carbocycles. The van der Waals surface area contributed by atoms with Gasteiger partial charge in [0.25, 0.3) is 0 Å². The smallest absolute Gasteiger partial charge is 0.119 e. The van der Waals surface area contributed by atoms with Gasteiger partial charge in [0.2, 0.25) is 0 Å². The highest BCUT2D eigenvalue weighted by Gasteiger charge is 2.36. The molecular formula is C20H20N2O. The Morgan fingerprint density at radius 2 is 1.96 bits per heavy atom. The van der Waals surface area contributed by atoms with Crippen LogP contribution >= 0.6 is 0 Å². The van der Waals surface area contributed by atoms with Crippen LogP contribution in [0.3, 0.4) is 0 Å². The molecule has 1 aromatic heterocycles. The number of para-hydroxylation sites is 1. The highest BCUT2D eigenvalue weighted by Crippen LogP contribution is 2.43. The Labute approximate surface area is 135 Å². The number of aromatic nitrogens is 1. The molecule has 2 atom stereocenters. The molecule has 3 nitrogen and oxygen atoms in total. The third-order valence-corrected chi connectivity index (χ3v) is 5.36. The average molecular weight is 304 g/mol. The third-order valence-electron chi connectivity index (χ3n) is 5.36. The molecule has 1 saturated heterocycles. The number of rotatable bonds is 2. The van der Waals surface area contributed by atoms with E-state index in [4.69, 9.17) is 4.74 Å². The lowest BCUT2D eigenvalue weighted by atomic mass is 9.99. The molecule has 2 aliphatic rings. The number of hydrogen-bond donors (Lipinski definition) is 1. The SMILES string of the molecule is COc1ccc2c(c1)c1c(n2-c2ccccc2)CC2CCC1N2. The van der Waals surface area contributed by atoms with E-state index < -0.39 is 0 Å². The average Bonchev–Trinajstić information content (AvgIpc) is 3.14. The first-order chi connectivity index (χ1) is 11.3. The topological polar surface area (TPSA) is 26.2 Å². The van der Waals surface area contributed by atoms with E-state index in [1.165, 1.54) is 40.7 Å². The largest absolute Gasteiger partial charge is 0.497 e. The predicted molar refractivity (Wildman–Crippen MR) is 92.4 cm³/mol. The molecule has 1 fully saturated rings. The molecule has 3 heteroatoms. The quantitative estimate of drug-likeness (QED) is 0.775. The van der Waals surface area contributed by atoms with Crippen molar-refractivity contribution in [2.24, 2.45) is 0 Å². The summed E-state index contributed by atoms with van der Waals surface area (Å²) in [6, 6.07) is 18.3. The number of fused-ring (bicyclic) bond motifs is 6. The number of nitrogens with zero attached hydrogens (tertiary/aromatic N) is 1. The molecule has 3 heterocycles. The van der Waals surface area contributed by atoms with Gasteiger partial charge in [-0.05, 0) is 48.7 Å². The fraction of sp³-hybridized carbons (Fsp3) is 0.300. The van der Waals surface area contributed by atoms with Crippen molar-refractivity contribution in [1.29, 1.82) is 0 Å². The van der Waals surface area contributed by atoms with E-state index in [2.05, 4.69) is 58.4 Å². The highest BCUT2D eigenvalue weighted by atomic mass is 16.5.